The maximum atomic E-state index is 9.42. The van der Waals surface area contributed by atoms with E-state index in [1.807, 2.05) is 0 Å². The molecule has 1 aliphatic carbocycles. The Morgan fingerprint density at radius 3 is 1.22 bits per heavy atom. The van der Waals surface area contributed by atoms with Gasteiger partial charge in [-0.1, -0.05) is 27.7 Å². The van der Waals surface area contributed by atoms with Crippen LogP contribution >= 0.6 is 0 Å². The molecule has 2 nitrogen and oxygen atoms in total. The average Bonchev–Trinajstić information content (AvgIpc) is 2.43. The molecule has 0 radical (unpaired) electrons. The van der Waals surface area contributed by atoms with E-state index in [9.17, 15) is 10.5 Å². The fourth-order valence-electron chi connectivity index (χ4n) is 3.22. The summed E-state index contributed by atoms with van der Waals surface area (Å²) in [6, 6.07) is 4.73. The van der Waals surface area contributed by atoms with Crippen LogP contribution < -0.4 is 0 Å². The Labute approximate surface area is 111 Å². The first-order valence-electron chi connectivity index (χ1n) is 6.93. The van der Waals surface area contributed by atoms with E-state index in [4.69, 9.17) is 0 Å². The molecule has 2 atom stereocenters. The van der Waals surface area contributed by atoms with Crippen LogP contribution in [0.3, 0.4) is 0 Å². The molecule has 0 aromatic heterocycles. The maximum Gasteiger partial charge on any atom is 0.0874 e. The zero-order valence-electron chi connectivity index (χ0n) is 11.9. The minimum absolute atomic E-state index is 0.236. The molecule has 1 aliphatic rings. The van der Waals surface area contributed by atoms with Gasteiger partial charge < -0.3 is 0 Å². The van der Waals surface area contributed by atoms with Crippen LogP contribution in [0.15, 0.2) is 22.3 Å². The van der Waals surface area contributed by atoms with Crippen molar-refractivity contribution < 1.29 is 0 Å². The van der Waals surface area contributed by atoms with Gasteiger partial charge in [0.25, 0.3) is 0 Å². The van der Waals surface area contributed by atoms with E-state index in [0.29, 0.717) is 0 Å². The van der Waals surface area contributed by atoms with Gasteiger partial charge in [-0.2, -0.15) is 10.5 Å². The minimum atomic E-state index is -0.236. The quantitative estimate of drug-likeness (QED) is 0.728. The SMILES string of the molecule is CCC1=C(CC)[C@@H](C#N)[C@H](C#N)C(CC)=C1CC. The highest BCUT2D eigenvalue weighted by atomic mass is 14.4. The summed E-state index contributed by atoms with van der Waals surface area (Å²) in [7, 11) is 0. The maximum absolute atomic E-state index is 9.42. The molecule has 1 rings (SSSR count). The van der Waals surface area contributed by atoms with E-state index in [2.05, 4.69) is 39.8 Å². The molecule has 2 heteroatoms. The first-order valence-corrected chi connectivity index (χ1v) is 6.93. The Morgan fingerprint density at radius 1 is 0.722 bits per heavy atom. The molecule has 0 aromatic carbocycles. The standard InChI is InChI=1S/C16H22N2/c1-5-11-12(6-2)14(8-4)16(10-18)15(9-17)13(11)7-3/h15-16H,5-8H2,1-4H3/t15-,16-/m1/s1. The van der Waals surface area contributed by atoms with Crippen molar-refractivity contribution in [2.75, 3.05) is 0 Å². The topological polar surface area (TPSA) is 47.6 Å². The molecular weight excluding hydrogens is 220 g/mol. The molecule has 0 fully saturated rings. The summed E-state index contributed by atoms with van der Waals surface area (Å²) in [6.45, 7) is 8.48. The molecule has 0 spiro atoms. The Bertz CT molecular complexity index is 410. The highest BCUT2D eigenvalue weighted by Crippen LogP contribution is 2.43. The number of rotatable bonds is 4. The van der Waals surface area contributed by atoms with Crippen LogP contribution in [0, 0.1) is 34.5 Å². The molecule has 0 aliphatic heterocycles. The van der Waals surface area contributed by atoms with Crippen LogP contribution in [0.4, 0.5) is 0 Å². The second-order valence-electron chi connectivity index (χ2n) is 4.64. The van der Waals surface area contributed by atoms with Crippen molar-refractivity contribution in [1.82, 2.24) is 0 Å². The van der Waals surface area contributed by atoms with Gasteiger partial charge in [-0.15, -0.1) is 0 Å². The molecule has 96 valence electrons. The number of hydrogen-bond donors (Lipinski definition) is 0. The number of allylic oxidation sites excluding steroid dienone is 4. The van der Waals surface area contributed by atoms with E-state index in [-0.39, 0.29) is 11.8 Å². The molecule has 0 aromatic rings. The van der Waals surface area contributed by atoms with Gasteiger partial charge >= 0.3 is 0 Å². The lowest BCUT2D eigenvalue weighted by Crippen LogP contribution is -2.24. The molecule has 0 unspecified atom stereocenters. The molecule has 0 amide bonds. The van der Waals surface area contributed by atoms with Gasteiger partial charge in [-0.05, 0) is 48.0 Å². The number of hydrogen-bond acceptors (Lipinski definition) is 2. The lowest BCUT2D eigenvalue weighted by molar-refractivity contribution is 0.564. The molecule has 18 heavy (non-hydrogen) atoms. The highest BCUT2D eigenvalue weighted by molar-refractivity contribution is 5.48. The molecule has 0 N–H and O–H groups in total. The van der Waals surface area contributed by atoms with E-state index in [1.165, 1.54) is 22.3 Å². The van der Waals surface area contributed by atoms with Crippen LogP contribution in [-0.2, 0) is 0 Å². The van der Waals surface area contributed by atoms with Gasteiger partial charge in [0.1, 0.15) is 0 Å². The smallest absolute Gasteiger partial charge is 0.0874 e. The normalized spacial score (nSPS) is 23.9. The minimum Gasteiger partial charge on any atom is -0.198 e. The summed E-state index contributed by atoms with van der Waals surface area (Å²) >= 11 is 0. The van der Waals surface area contributed by atoms with E-state index in [0.717, 1.165) is 25.7 Å². The van der Waals surface area contributed by atoms with E-state index in [1.54, 1.807) is 0 Å². The van der Waals surface area contributed by atoms with Gasteiger partial charge in [-0.25, -0.2) is 0 Å². The van der Waals surface area contributed by atoms with Crippen molar-refractivity contribution in [3.63, 3.8) is 0 Å². The summed E-state index contributed by atoms with van der Waals surface area (Å²) in [5.74, 6) is -0.472. The summed E-state index contributed by atoms with van der Waals surface area (Å²) in [5.41, 5.74) is 5.08. The van der Waals surface area contributed by atoms with Gasteiger partial charge in [0.15, 0.2) is 0 Å². The van der Waals surface area contributed by atoms with Crippen LogP contribution in [0.2, 0.25) is 0 Å². The largest absolute Gasteiger partial charge is 0.198 e. The van der Waals surface area contributed by atoms with Crippen LogP contribution in [-0.4, -0.2) is 0 Å². The molecular formula is C16H22N2. The van der Waals surface area contributed by atoms with Crippen molar-refractivity contribution in [3.8, 4) is 12.1 Å². The summed E-state index contributed by atoms with van der Waals surface area (Å²) < 4.78 is 0. The van der Waals surface area contributed by atoms with Gasteiger partial charge in [0.2, 0.25) is 0 Å². The van der Waals surface area contributed by atoms with Crippen LogP contribution in [0.5, 0.6) is 0 Å². The third-order valence-corrected chi connectivity index (χ3v) is 3.97. The first-order chi connectivity index (χ1) is 8.69. The molecule has 0 saturated carbocycles. The van der Waals surface area contributed by atoms with E-state index >= 15 is 0 Å². The lowest BCUT2D eigenvalue weighted by atomic mass is 9.70. The Balaban J connectivity index is 3.52. The Hall–Kier alpha value is -1.54. The monoisotopic (exact) mass is 242 g/mol. The molecule has 0 saturated heterocycles. The van der Waals surface area contributed by atoms with Gasteiger partial charge in [-0.3, -0.25) is 0 Å². The van der Waals surface area contributed by atoms with Crippen LogP contribution in [0.25, 0.3) is 0 Å². The first kappa shape index (κ1) is 14.5. The van der Waals surface area contributed by atoms with Crippen LogP contribution in [0.1, 0.15) is 53.4 Å². The Kier molecular flexibility index (Phi) is 5.17. The van der Waals surface area contributed by atoms with Gasteiger partial charge in [0.05, 0.1) is 24.0 Å². The summed E-state index contributed by atoms with van der Waals surface area (Å²) in [5, 5.41) is 18.8. The Morgan fingerprint density at radius 2 is 1.06 bits per heavy atom. The average molecular weight is 242 g/mol. The molecule has 0 bridgehead atoms. The van der Waals surface area contributed by atoms with Crippen molar-refractivity contribution >= 4 is 0 Å². The summed E-state index contributed by atoms with van der Waals surface area (Å²) in [6.07, 6.45) is 3.68. The lowest BCUT2D eigenvalue weighted by Gasteiger charge is -2.32. The van der Waals surface area contributed by atoms with Crippen molar-refractivity contribution in [1.29, 1.82) is 10.5 Å². The third-order valence-electron chi connectivity index (χ3n) is 3.97. The van der Waals surface area contributed by atoms with E-state index < -0.39 is 0 Å². The summed E-state index contributed by atoms with van der Waals surface area (Å²) in [4.78, 5) is 0. The highest BCUT2D eigenvalue weighted by Gasteiger charge is 2.34. The zero-order valence-corrected chi connectivity index (χ0v) is 11.9. The van der Waals surface area contributed by atoms with Gasteiger partial charge in [0, 0.05) is 0 Å². The zero-order chi connectivity index (χ0) is 13.7. The fraction of sp³-hybridized carbons (Fsp3) is 0.625. The number of nitrogens with zero attached hydrogens (tertiary/aromatic N) is 2. The predicted molar refractivity (Wildman–Crippen MR) is 73.4 cm³/mol. The third kappa shape index (κ3) is 2.21. The number of nitriles is 2. The van der Waals surface area contributed by atoms with Crippen molar-refractivity contribution in [2.24, 2.45) is 11.8 Å². The fourth-order valence-corrected chi connectivity index (χ4v) is 3.22. The predicted octanol–water partition coefficient (Wildman–Crippen LogP) is 4.51. The molecule has 0 heterocycles. The van der Waals surface area contributed by atoms with Crippen molar-refractivity contribution in [2.45, 2.75) is 53.4 Å². The second-order valence-corrected chi connectivity index (χ2v) is 4.64. The second kappa shape index (κ2) is 6.41. The van der Waals surface area contributed by atoms with Crippen molar-refractivity contribution in [3.05, 3.63) is 22.3 Å².